The van der Waals surface area contributed by atoms with Crippen LogP contribution in [0.3, 0.4) is 0 Å². The number of methoxy groups -OCH3 is 2. The summed E-state index contributed by atoms with van der Waals surface area (Å²) < 4.78 is 13.0. The molecule has 4 heteroatoms. The second-order valence-electron chi connectivity index (χ2n) is 6.27. The third kappa shape index (κ3) is 3.90. The SMILES string of the molecule is CCCc1c(-c2ccc(OC)cc2)ncn1CCc1ccccc1OC. The van der Waals surface area contributed by atoms with Crippen LogP contribution < -0.4 is 9.47 Å². The van der Waals surface area contributed by atoms with Crippen LogP contribution in [0, 0.1) is 0 Å². The van der Waals surface area contributed by atoms with Gasteiger partial charge in [0.15, 0.2) is 0 Å². The second kappa shape index (κ2) is 8.56. The number of hydrogen-bond donors (Lipinski definition) is 0. The quantitative estimate of drug-likeness (QED) is 0.587. The molecule has 1 heterocycles. The summed E-state index contributed by atoms with van der Waals surface area (Å²) in [7, 11) is 3.41. The first-order valence-corrected chi connectivity index (χ1v) is 9.07. The third-order valence-corrected chi connectivity index (χ3v) is 4.61. The van der Waals surface area contributed by atoms with Crippen molar-refractivity contribution in [1.82, 2.24) is 9.55 Å². The molecule has 0 aliphatic rings. The molecule has 0 fully saturated rings. The number of aromatic nitrogens is 2. The molecule has 0 unspecified atom stereocenters. The third-order valence-electron chi connectivity index (χ3n) is 4.61. The summed E-state index contributed by atoms with van der Waals surface area (Å²) in [6, 6.07) is 16.3. The van der Waals surface area contributed by atoms with Gasteiger partial charge in [0.1, 0.15) is 11.5 Å². The number of benzene rings is 2. The molecule has 3 aromatic rings. The maximum atomic E-state index is 5.47. The van der Waals surface area contributed by atoms with Crippen LogP contribution in [0.25, 0.3) is 11.3 Å². The number of ether oxygens (including phenoxy) is 2. The van der Waals surface area contributed by atoms with Gasteiger partial charge in [-0.15, -0.1) is 0 Å². The molecule has 0 radical (unpaired) electrons. The van der Waals surface area contributed by atoms with E-state index in [1.807, 2.05) is 30.6 Å². The van der Waals surface area contributed by atoms with Crippen molar-refractivity contribution in [2.75, 3.05) is 14.2 Å². The Morgan fingerprint density at radius 3 is 2.38 bits per heavy atom. The van der Waals surface area contributed by atoms with E-state index < -0.39 is 0 Å². The summed E-state index contributed by atoms with van der Waals surface area (Å²) in [5.41, 5.74) is 4.70. The average Bonchev–Trinajstić information content (AvgIpc) is 3.09. The normalized spacial score (nSPS) is 10.7. The standard InChI is InChI=1S/C22H26N2O2/c1-4-7-20-22(18-10-12-19(25-2)13-11-18)23-16-24(20)15-14-17-8-5-6-9-21(17)26-3/h5-6,8-13,16H,4,7,14-15H2,1-3H3. The number of hydrogen-bond acceptors (Lipinski definition) is 3. The average molecular weight is 350 g/mol. The Morgan fingerprint density at radius 2 is 1.69 bits per heavy atom. The molecule has 0 spiro atoms. The van der Waals surface area contributed by atoms with Crippen LogP contribution in [0.2, 0.25) is 0 Å². The van der Waals surface area contributed by atoms with Crippen molar-refractivity contribution < 1.29 is 9.47 Å². The van der Waals surface area contributed by atoms with Gasteiger partial charge in [-0.3, -0.25) is 0 Å². The van der Waals surface area contributed by atoms with Crippen molar-refractivity contribution in [3.05, 3.63) is 66.1 Å². The Hall–Kier alpha value is -2.75. The number of para-hydroxylation sites is 1. The van der Waals surface area contributed by atoms with Gasteiger partial charge in [0.2, 0.25) is 0 Å². The number of rotatable bonds is 8. The molecular weight excluding hydrogens is 324 g/mol. The molecule has 4 nitrogen and oxygen atoms in total. The Morgan fingerprint density at radius 1 is 0.923 bits per heavy atom. The monoisotopic (exact) mass is 350 g/mol. The van der Waals surface area contributed by atoms with Gasteiger partial charge in [0.25, 0.3) is 0 Å². The molecule has 136 valence electrons. The largest absolute Gasteiger partial charge is 0.497 e. The first-order chi connectivity index (χ1) is 12.8. The molecule has 3 rings (SSSR count). The minimum absolute atomic E-state index is 0.862. The minimum atomic E-state index is 0.862. The molecule has 0 saturated carbocycles. The zero-order valence-corrected chi connectivity index (χ0v) is 15.7. The highest BCUT2D eigenvalue weighted by molar-refractivity contribution is 5.63. The first-order valence-electron chi connectivity index (χ1n) is 9.07. The van der Waals surface area contributed by atoms with E-state index in [2.05, 4.69) is 35.8 Å². The molecule has 0 aliphatic heterocycles. The van der Waals surface area contributed by atoms with E-state index in [9.17, 15) is 0 Å². The van der Waals surface area contributed by atoms with Gasteiger partial charge in [-0.2, -0.15) is 0 Å². The van der Waals surface area contributed by atoms with E-state index >= 15 is 0 Å². The molecule has 0 bridgehead atoms. The maximum Gasteiger partial charge on any atom is 0.122 e. The molecular formula is C22H26N2O2. The smallest absolute Gasteiger partial charge is 0.122 e. The van der Waals surface area contributed by atoms with Crippen LogP contribution in [-0.2, 0) is 19.4 Å². The lowest BCUT2D eigenvalue weighted by Gasteiger charge is -2.12. The number of imidazole rings is 1. The number of nitrogens with zero attached hydrogens (tertiary/aromatic N) is 2. The van der Waals surface area contributed by atoms with Gasteiger partial charge < -0.3 is 14.0 Å². The summed E-state index contributed by atoms with van der Waals surface area (Å²) >= 11 is 0. The van der Waals surface area contributed by atoms with Crippen molar-refractivity contribution in [1.29, 1.82) is 0 Å². The van der Waals surface area contributed by atoms with E-state index in [1.54, 1.807) is 14.2 Å². The molecule has 0 saturated heterocycles. The van der Waals surface area contributed by atoms with Gasteiger partial charge in [-0.25, -0.2) is 4.98 Å². The van der Waals surface area contributed by atoms with Crippen molar-refractivity contribution >= 4 is 0 Å². The van der Waals surface area contributed by atoms with Crippen LogP contribution in [0.5, 0.6) is 11.5 Å². The Balaban J connectivity index is 1.84. The van der Waals surface area contributed by atoms with Crippen LogP contribution in [-0.4, -0.2) is 23.8 Å². The summed E-state index contributed by atoms with van der Waals surface area (Å²) in [6.45, 7) is 3.09. The summed E-state index contributed by atoms with van der Waals surface area (Å²) in [4.78, 5) is 4.71. The van der Waals surface area contributed by atoms with E-state index in [1.165, 1.54) is 11.3 Å². The van der Waals surface area contributed by atoms with Crippen molar-refractivity contribution in [2.45, 2.75) is 32.7 Å². The molecule has 26 heavy (non-hydrogen) atoms. The molecule has 1 aromatic heterocycles. The molecule has 0 atom stereocenters. The predicted octanol–water partition coefficient (Wildman–Crippen LogP) is 4.76. The Bertz CT molecular complexity index is 838. The van der Waals surface area contributed by atoms with Crippen molar-refractivity contribution in [3.8, 4) is 22.8 Å². The van der Waals surface area contributed by atoms with Crippen LogP contribution in [0.15, 0.2) is 54.9 Å². The zero-order chi connectivity index (χ0) is 18.4. The van der Waals surface area contributed by atoms with E-state index in [4.69, 9.17) is 14.5 Å². The highest BCUT2D eigenvalue weighted by Crippen LogP contribution is 2.26. The van der Waals surface area contributed by atoms with Gasteiger partial charge in [0, 0.05) is 17.8 Å². The molecule has 2 aromatic carbocycles. The zero-order valence-electron chi connectivity index (χ0n) is 15.7. The van der Waals surface area contributed by atoms with Crippen LogP contribution in [0.4, 0.5) is 0 Å². The fourth-order valence-electron chi connectivity index (χ4n) is 3.24. The van der Waals surface area contributed by atoms with Gasteiger partial charge >= 0.3 is 0 Å². The lowest BCUT2D eigenvalue weighted by molar-refractivity contribution is 0.408. The highest BCUT2D eigenvalue weighted by atomic mass is 16.5. The van der Waals surface area contributed by atoms with E-state index in [0.29, 0.717) is 0 Å². The summed E-state index contributed by atoms with van der Waals surface area (Å²) in [5, 5.41) is 0. The van der Waals surface area contributed by atoms with Crippen molar-refractivity contribution in [2.24, 2.45) is 0 Å². The summed E-state index contributed by atoms with van der Waals surface area (Å²) in [5.74, 6) is 1.81. The fourth-order valence-corrected chi connectivity index (χ4v) is 3.24. The fraction of sp³-hybridized carbons (Fsp3) is 0.318. The second-order valence-corrected chi connectivity index (χ2v) is 6.27. The number of aryl methyl sites for hydroxylation is 2. The van der Waals surface area contributed by atoms with Gasteiger partial charge in [-0.05, 0) is 48.7 Å². The Labute approximate surface area is 155 Å². The van der Waals surface area contributed by atoms with E-state index in [0.717, 1.165) is 48.6 Å². The molecule has 0 N–H and O–H groups in total. The first kappa shape index (κ1) is 18.1. The lowest BCUT2D eigenvalue weighted by atomic mass is 10.1. The van der Waals surface area contributed by atoms with Gasteiger partial charge in [-0.1, -0.05) is 31.5 Å². The van der Waals surface area contributed by atoms with Crippen molar-refractivity contribution in [3.63, 3.8) is 0 Å². The van der Waals surface area contributed by atoms with Crippen LogP contribution in [0.1, 0.15) is 24.6 Å². The lowest BCUT2D eigenvalue weighted by Crippen LogP contribution is -2.06. The topological polar surface area (TPSA) is 36.3 Å². The highest BCUT2D eigenvalue weighted by Gasteiger charge is 2.13. The Kier molecular flexibility index (Phi) is 5.95. The molecule has 0 amide bonds. The van der Waals surface area contributed by atoms with Crippen LogP contribution >= 0.6 is 0 Å². The van der Waals surface area contributed by atoms with E-state index in [-0.39, 0.29) is 0 Å². The predicted molar refractivity (Wildman–Crippen MR) is 105 cm³/mol. The summed E-state index contributed by atoms with van der Waals surface area (Å²) in [6.07, 6.45) is 4.97. The van der Waals surface area contributed by atoms with Gasteiger partial charge in [0.05, 0.1) is 26.2 Å². The molecule has 0 aliphatic carbocycles. The maximum absolute atomic E-state index is 5.47. The minimum Gasteiger partial charge on any atom is -0.497 e.